The molecule has 0 aliphatic carbocycles. The quantitative estimate of drug-likeness (QED) is 0.489. The second kappa shape index (κ2) is 10.9. The van der Waals surface area contributed by atoms with Gasteiger partial charge in [0.25, 0.3) is 0 Å². The molecule has 1 heterocycles. The molecule has 1 saturated heterocycles. The van der Waals surface area contributed by atoms with E-state index >= 15 is 0 Å². The summed E-state index contributed by atoms with van der Waals surface area (Å²) in [5, 5.41) is 3.25. The number of carbonyl (C=O) groups excluding carboxylic acids is 1. The largest absolute Gasteiger partial charge is 0.493 e. The van der Waals surface area contributed by atoms with Gasteiger partial charge in [0.1, 0.15) is 0 Å². The molecule has 0 aromatic heterocycles. The van der Waals surface area contributed by atoms with Crippen molar-refractivity contribution >= 4 is 11.9 Å². The van der Waals surface area contributed by atoms with Crippen molar-refractivity contribution < 1.29 is 27.4 Å². The van der Waals surface area contributed by atoms with Crippen LogP contribution in [-0.4, -0.2) is 56.3 Å². The number of halogens is 3. The first-order chi connectivity index (χ1) is 14.2. The fourth-order valence-corrected chi connectivity index (χ4v) is 3.39. The summed E-state index contributed by atoms with van der Waals surface area (Å²) in [5.74, 6) is 0.869. The number of hydrogen-bond donors (Lipinski definition) is 2. The zero-order valence-electron chi connectivity index (χ0n) is 17.3. The average Bonchev–Trinajstić information content (AvgIpc) is 2.69. The predicted molar refractivity (Wildman–Crippen MR) is 107 cm³/mol. The first-order valence-electron chi connectivity index (χ1n) is 9.89. The van der Waals surface area contributed by atoms with Crippen molar-refractivity contribution in [1.82, 2.24) is 10.2 Å². The SMILES string of the molecule is CCNC(=NCc1ccc(OCC(F)(F)F)c(OC)c1)N1CCCC(CC(N)=O)C1. The second-order valence-electron chi connectivity index (χ2n) is 7.18. The highest BCUT2D eigenvalue weighted by molar-refractivity contribution is 5.80. The Balaban J connectivity index is 2.09. The Morgan fingerprint density at radius 2 is 2.13 bits per heavy atom. The van der Waals surface area contributed by atoms with Crippen LogP contribution >= 0.6 is 0 Å². The number of carbonyl (C=O) groups is 1. The van der Waals surface area contributed by atoms with E-state index in [-0.39, 0.29) is 23.3 Å². The Labute approximate surface area is 174 Å². The maximum Gasteiger partial charge on any atom is 0.422 e. The van der Waals surface area contributed by atoms with Crippen molar-refractivity contribution in [3.05, 3.63) is 23.8 Å². The number of methoxy groups -OCH3 is 1. The van der Waals surface area contributed by atoms with Gasteiger partial charge in [0.05, 0.1) is 13.7 Å². The molecule has 0 spiro atoms. The zero-order chi connectivity index (χ0) is 22.1. The van der Waals surface area contributed by atoms with Crippen LogP contribution in [0.1, 0.15) is 31.7 Å². The maximum atomic E-state index is 12.4. The summed E-state index contributed by atoms with van der Waals surface area (Å²) < 4.78 is 47.1. The number of nitrogens with zero attached hydrogens (tertiary/aromatic N) is 2. The van der Waals surface area contributed by atoms with E-state index in [2.05, 4.69) is 15.2 Å². The van der Waals surface area contributed by atoms with Gasteiger partial charge in [-0.05, 0) is 43.4 Å². The van der Waals surface area contributed by atoms with Crippen LogP contribution in [0.4, 0.5) is 13.2 Å². The third-order valence-corrected chi connectivity index (χ3v) is 4.67. The zero-order valence-corrected chi connectivity index (χ0v) is 17.3. The van der Waals surface area contributed by atoms with Crippen LogP contribution in [-0.2, 0) is 11.3 Å². The summed E-state index contributed by atoms with van der Waals surface area (Å²) >= 11 is 0. The molecule has 1 atom stereocenters. The van der Waals surface area contributed by atoms with Crippen LogP contribution in [0.15, 0.2) is 23.2 Å². The van der Waals surface area contributed by atoms with Crippen LogP contribution in [0.5, 0.6) is 11.5 Å². The van der Waals surface area contributed by atoms with Gasteiger partial charge in [-0.3, -0.25) is 4.79 Å². The van der Waals surface area contributed by atoms with E-state index in [0.29, 0.717) is 26.1 Å². The van der Waals surface area contributed by atoms with E-state index in [1.54, 1.807) is 12.1 Å². The molecule has 0 saturated carbocycles. The fourth-order valence-electron chi connectivity index (χ4n) is 3.39. The van der Waals surface area contributed by atoms with E-state index in [1.165, 1.54) is 13.2 Å². The number of hydrogen-bond acceptors (Lipinski definition) is 4. The number of aliphatic imine (C=N–C) groups is 1. The van der Waals surface area contributed by atoms with Gasteiger partial charge in [-0.25, -0.2) is 4.99 Å². The van der Waals surface area contributed by atoms with Crippen LogP contribution in [0, 0.1) is 5.92 Å². The van der Waals surface area contributed by atoms with Crippen molar-refractivity contribution in [2.24, 2.45) is 16.6 Å². The average molecular weight is 430 g/mol. The molecule has 30 heavy (non-hydrogen) atoms. The minimum atomic E-state index is -4.42. The van der Waals surface area contributed by atoms with Crippen LogP contribution in [0.25, 0.3) is 0 Å². The number of nitrogens with two attached hydrogens (primary N) is 1. The van der Waals surface area contributed by atoms with Gasteiger partial charge in [0.2, 0.25) is 5.91 Å². The lowest BCUT2D eigenvalue weighted by molar-refractivity contribution is -0.153. The molecular formula is C20H29F3N4O3. The highest BCUT2D eigenvalue weighted by atomic mass is 19.4. The molecule has 0 bridgehead atoms. The Kier molecular flexibility index (Phi) is 8.61. The molecule has 2 rings (SSSR count). The molecule has 1 aromatic carbocycles. The van der Waals surface area contributed by atoms with Gasteiger partial charge in [0.15, 0.2) is 24.1 Å². The highest BCUT2D eigenvalue weighted by Gasteiger charge is 2.29. The number of piperidine rings is 1. The van der Waals surface area contributed by atoms with Gasteiger partial charge < -0.3 is 25.4 Å². The Morgan fingerprint density at radius 1 is 1.37 bits per heavy atom. The summed E-state index contributed by atoms with van der Waals surface area (Å²) in [7, 11) is 1.37. The number of primary amides is 1. The molecule has 1 amide bonds. The lowest BCUT2D eigenvalue weighted by atomic mass is 9.95. The first-order valence-corrected chi connectivity index (χ1v) is 9.89. The summed E-state index contributed by atoms with van der Waals surface area (Å²) in [6.45, 7) is 3.11. The Morgan fingerprint density at radius 3 is 2.77 bits per heavy atom. The minimum Gasteiger partial charge on any atom is -0.493 e. The number of likely N-dealkylation sites (tertiary alicyclic amines) is 1. The number of nitrogens with one attached hydrogen (secondary N) is 1. The van der Waals surface area contributed by atoms with Gasteiger partial charge in [-0.2, -0.15) is 13.2 Å². The topological polar surface area (TPSA) is 89.2 Å². The van der Waals surface area contributed by atoms with E-state index < -0.39 is 12.8 Å². The monoisotopic (exact) mass is 430 g/mol. The molecule has 1 aliphatic heterocycles. The smallest absolute Gasteiger partial charge is 0.422 e. The minimum absolute atomic E-state index is 0.0276. The van der Waals surface area contributed by atoms with E-state index in [9.17, 15) is 18.0 Å². The molecule has 1 aliphatic rings. The maximum absolute atomic E-state index is 12.4. The number of alkyl halides is 3. The van der Waals surface area contributed by atoms with Crippen molar-refractivity contribution in [2.45, 2.75) is 38.9 Å². The molecule has 1 fully saturated rings. The molecular weight excluding hydrogens is 401 g/mol. The van der Waals surface area contributed by atoms with Gasteiger partial charge in [-0.1, -0.05) is 6.07 Å². The van der Waals surface area contributed by atoms with E-state index in [0.717, 1.165) is 30.9 Å². The summed E-state index contributed by atoms with van der Waals surface area (Å²) in [4.78, 5) is 18.0. The third-order valence-electron chi connectivity index (χ3n) is 4.67. The predicted octanol–water partition coefficient (Wildman–Crippen LogP) is 2.69. The molecule has 1 aromatic rings. The summed E-state index contributed by atoms with van der Waals surface area (Å²) in [6.07, 6.45) is -2.17. The van der Waals surface area contributed by atoms with Crippen LogP contribution < -0.4 is 20.5 Å². The van der Waals surface area contributed by atoms with Crippen LogP contribution in [0.3, 0.4) is 0 Å². The van der Waals surface area contributed by atoms with Gasteiger partial charge >= 0.3 is 6.18 Å². The van der Waals surface area contributed by atoms with Crippen molar-refractivity contribution in [2.75, 3.05) is 33.4 Å². The number of amides is 1. The fraction of sp³-hybridized carbons (Fsp3) is 0.600. The molecule has 1 unspecified atom stereocenters. The summed E-state index contributed by atoms with van der Waals surface area (Å²) in [5.41, 5.74) is 6.11. The molecule has 7 nitrogen and oxygen atoms in total. The normalized spacial score (nSPS) is 17.6. The van der Waals surface area contributed by atoms with Crippen molar-refractivity contribution in [1.29, 1.82) is 0 Å². The number of ether oxygens (including phenoxy) is 2. The number of benzene rings is 1. The first kappa shape index (κ1) is 23.6. The summed E-state index contributed by atoms with van der Waals surface area (Å²) in [6, 6.07) is 4.73. The highest BCUT2D eigenvalue weighted by Crippen LogP contribution is 2.30. The lowest BCUT2D eigenvalue weighted by Gasteiger charge is -2.34. The Hall–Kier alpha value is -2.65. The molecule has 3 N–H and O–H groups in total. The molecule has 168 valence electrons. The number of rotatable bonds is 8. The second-order valence-corrected chi connectivity index (χ2v) is 7.18. The third kappa shape index (κ3) is 7.64. The molecule has 10 heteroatoms. The van der Waals surface area contributed by atoms with E-state index in [4.69, 9.17) is 15.2 Å². The van der Waals surface area contributed by atoms with E-state index in [1.807, 2.05) is 6.92 Å². The Bertz CT molecular complexity index is 740. The van der Waals surface area contributed by atoms with Crippen LogP contribution in [0.2, 0.25) is 0 Å². The van der Waals surface area contributed by atoms with Gasteiger partial charge in [-0.15, -0.1) is 0 Å². The molecule has 0 radical (unpaired) electrons. The van der Waals surface area contributed by atoms with Crippen molar-refractivity contribution in [3.8, 4) is 11.5 Å². The van der Waals surface area contributed by atoms with Crippen molar-refractivity contribution in [3.63, 3.8) is 0 Å². The standard InChI is InChI=1S/C20H29F3N4O3/c1-3-25-19(27-8-4-5-15(12-27)10-18(24)28)26-11-14-6-7-16(17(9-14)29-2)30-13-20(21,22)23/h6-7,9,15H,3-5,8,10-13H2,1-2H3,(H2,24,28)(H,25,26). The number of guanidine groups is 1. The lowest BCUT2D eigenvalue weighted by Crippen LogP contribution is -2.47. The van der Waals surface area contributed by atoms with Gasteiger partial charge in [0, 0.05) is 26.1 Å².